The van der Waals surface area contributed by atoms with Gasteiger partial charge in [-0.2, -0.15) is 0 Å². The molecule has 0 N–H and O–H groups in total. The first-order chi connectivity index (χ1) is 10.6. The van der Waals surface area contributed by atoms with Crippen LogP contribution in [0.15, 0.2) is 42.5 Å². The standard InChI is InChI=1S/C21H25NS/c1-20(2,3)15-9-7-14(8-10-15)19-22-17-12-11-16(21(4,5)6)13-18(17)23-19/h7-13H,1-6H3. The summed E-state index contributed by atoms with van der Waals surface area (Å²) in [5.41, 5.74) is 5.38. The average molecular weight is 324 g/mol. The number of nitrogens with zero attached hydrogens (tertiary/aromatic N) is 1. The Labute approximate surface area is 143 Å². The molecule has 1 nitrogen and oxygen atoms in total. The predicted molar refractivity (Wildman–Crippen MR) is 102 cm³/mol. The topological polar surface area (TPSA) is 12.9 Å². The number of hydrogen-bond acceptors (Lipinski definition) is 2. The smallest absolute Gasteiger partial charge is 0.124 e. The maximum atomic E-state index is 4.82. The molecule has 120 valence electrons. The molecule has 0 saturated carbocycles. The van der Waals surface area contributed by atoms with E-state index in [-0.39, 0.29) is 10.8 Å². The average Bonchev–Trinajstić information content (AvgIpc) is 2.88. The number of rotatable bonds is 1. The van der Waals surface area contributed by atoms with E-state index in [1.54, 1.807) is 11.3 Å². The molecule has 0 fully saturated rings. The van der Waals surface area contributed by atoms with Gasteiger partial charge in [0.2, 0.25) is 0 Å². The molecule has 0 aliphatic heterocycles. The zero-order valence-electron chi connectivity index (χ0n) is 14.9. The Morgan fingerprint density at radius 1 is 0.739 bits per heavy atom. The van der Waals surface area contributed by atoms with Crippen molar-refractivity contribution in [2.45, 2.75) is 52.4 Å². The second-order valence-electron chi connectivity index (χ2n) is 8.28. The van der Waals surface area contributed by atoms with Crippen molar-refractivity contribution in [2.75, 3.05) is 0 Å². The number of aromatic nitrogens is 1. The minimum absolute atomic E-state index is 0.173. The van der Waals surface area contributed by atoms with Crippen molar-refractivity contribution in [3.63, 3.8) is 0 Å². The first-order valence-corrected chi connectivity index (χ1v) is 8.98. The third-order valence-corrected chi connectivity index (χ3v) is 5.32. The fourth-order valence-electron chi connectivity index (χ4n) is 2.63. The van der Waals surface area contributed by atoms with Gasteiger partial charge in [-0.1, -0.05) is 71.9 Å². The van der Waals surface area contributed by atoms with E-state index in [9.17, 15) is 0 Å². The van der Waals surface area contributed by atoms with Crippen LogP contribution in [-0.4, -0.2) is 4.98 Å². The van der Waals surface area contributed by atoms with E-state index in [1.807, 2.05) is 0 Å². The molecule has 0 atom stereocenters. The monoisotopic (exact) mass is 323 g/mol. The van der Waals surface area contributed by atoms with Gasteiger partial charge in [-0.15, -0.1) is 11.3 Å². The summed E-state index contributed by atoms with van der Waals surface area (Å²) in [4.78, 5) is 4.82. The highest BCUT2D eigenvalue weighted by Gasteiger charge is 2.16. The van der Waals surface area contributed by atoms with E-state index in [2.05, 4.69) is 84.0 Å². The van der Waals surface area contributed by atoms with Crippen LogP contribution < -0.4 is 0 Å². The van der Waals surface area contributed by atoms with Gasteiger partial charge in [-0.25, -0.2) is 4.98 Å². The second kappa shape index (κ2) is 5.45. The Bertz CT molecular complexity index is 827. The molecule has 0 amide bonds. The minimum atomic E-state index is 0.173. The summed E-state index contributed by atoms with van der Waals surface area (Å²) in [6.45, 7) is 13.5. The Kier molecular flexibility index (Phi) is 3.84. The van der Waals surface area contributed by atoms with Crippen LogP contribution in [0.1, 0.15) is 52.7 Å². The van der Waals surface area contributed by atoms with Crippen LogP contribution in [0.3, 0.4) is 0 Å². The third-order valence-electron chi connectivity index (χ3n) is 4.25. The van der Waals surface area contributed by atoms with E-state index in [4.69, 9.17) is 4.98 Å². The van der Waals surface area contributed by atoms with Crippen LogP contribution in [0.2, 0.25) is 0 Å². The fourth-order valence-corrected chi connectivity index (χ4v) is 3.64. The molecule has 1 aromatic heterocycles. The maximum absolute atomic E-state index is 4.82. The Balaban J connectivity index is 2.00. The summed E-state index contributed by atoms with van der Waals surface area (Å²) in [7, 11) is 0. The molecule has 0 aliphatic rings. The molecule has 0 bridgehead atoms. The molecule has 3 rings (SSSR count). The Morgan fingerprint density at radius 3 is 1.87 bits per heavy atom. The summed E-state index contributed by atoms with van der Waals surface area (Å²) < 4.78 is 1.27. The van der Waals surface area contributed by atoms with E-state index in [0.717, 1.165) is 10.5 Å². The fraction of sp³-hybridized carbons (Fsp3) is 0.381. The van der Waals surface area contributed by atoms with Crippen LogP contribution in [0.4, 0.5) is 0 Å². The summed E-state index contributed by atoms with van der Waals surface area (Å²) >= 11 is 1.78. The SMILES string of the molecule is CC(C)(C)c1ccc(-c2nc3ccc(C(C)(C)C)cc3s2)cc1. The van der Waals surface area contributed by atoms with Crippen LogP contribution in [0.5, 0.6) is 0 Å². The van der Waals surface area contributed by atoms with Crippen molar-refractivity contribution in [1.29, 1.82) is 0 Å². The quantitative estimate of drug-likeness (QED) is 0.494. The highest BCUT2D eigenvalue weighted by molar-refractivity contribution is 7.21. The van der Waals surface area contributed by atoms with E-state index < -0.39 is 0 Å². The predicted octanol–water partition coefficient (Wildman–Crippen LogP) is 6.56. The molecule has 23 heavy (non-hydrogen) atoms. The molecule has 2 aromatic carbocycles. The van der Waals surface area contributed by atoms with Gasteiger partial charge < -0.3 is 0 Å². The van der Waals surface area contributed by atoms with Gasteiger partial charge >= 0.3 is 0 Å². The highest BCUT2D eigenvalue weighted by atomic mass is 32.1. The molecule has 0 saturated heterocycles. The minimum Gasteiger partial charge on any atom is -0.236 e. The van der Waals surface area contributed by atoms with Crippen molar-refractivity contribution in [3.05, 3.63) is 53.6 Å². The van der Waals surface area contributed by atoms with Crippen molar-refractivity contribution >= 4 is 21.6 Å². The zero-order chi connectivity index (χ0) is 16.8. The van der Waals surface area contributed by atoms with E-state index in [0.29, 0.717) is 0 Å². The Morgan fingerprint density at radius 2 is 1.30 bits per heavy atom. The summed E-state index contributed by atoms with van der Waals surface area (Å²) in [6, 6.07) is 15.5. The summed E-state index contributed by atoms with van der Waals surface area (Å²) in [5, 5.41) is 1.10. The van der Waals surface area contributed by atoms with Gasteiger partial charge in [-0.05, 0) is 34.1 Å². The molecule has 1 heterocycles. The second-order valence-corrected chi connectivity index (χ2v) is 9.31. The maximum Gasteiger partial charge on any atom is 0.124 e. The van der Waals surface area contributed by atoms with Gasteiger partial charge in [0.1, 0.15) is 5.01 Å². The largest absolute Gasteiger partial charge is 0.236 e. The van der Waals surface area contributed by atoms with Gasteiger partial charge in [0.05, 0.1) is 10.2 Å². The van der Waals surface area contributed by atoms with Gasteiger partial charge in [0.25, 0.3) is 0 Å². The zero-order valence-corrected chi connectivity index (χ0v) is 15.7. The first kappa shape index (κ1) is 16.2. The van der Waals surface area contributed by atoms with Crippen LogP contribution in [0.25, 0.3) is 20.8 Å². The molecule has 0 aliphatic carbocycles. The number of thiazole rings is 1. The van der Waals surface area contributed by atoms with E-state index >= 15 is 0 Å². The lowest BCUT2D eigenvalue weighted by Crippen LogP contribution is -2.10. The van der Waals surface area contributed by atoms with E-state index in [1.165, 1.54) is 21.4 Å². The molecule has 0 unspecified atom stereocenters. The number of hydrogen-bond donors (Lipinski definition) is 0. The van der Waals surface area contributed by atoms with Crippen LogP contribution in [-0.2, 0) is 10.8 Å². The molecular weight excluding hydrogens is 298 g/mol. The van der Waals surface area contributed by atoms with Crippen molar-refractivity contribution < 1.29 is 0 Å². The van der Waals surface area contributed by atoms with Gasteiger partial charge in [0.15, 0.2) is 0 Å². The molecule has 3 aromatic rings. The number of benzene rings is 2. The van der Waals surface area contributed by atoms with Crippen molar-refractivity contribution in [1.82, 2.24) is 4.98 Å². The van der Waals surface area contributed by atoms with Crippen LogP contribution >= 0.6 is 11.3 Å². The summed E-state index contributed by atoms with van der Waals surface area (Å²) in [6.07, 6.45) is 0. The Hall–Kier alpha value is -1.67. The van der Waals surface area contributed by atoms with Crippen LogP contribution in [0, 0.1) is 0 Å². The molecule has 2 heteroatoms. The molecule has 0 radical (unpaired) electrons. The lowest BCUT2D eigenvalue weighted by atomic mass is 9.87. The normalized spacial score (nSPS) is 12.8. The molecular formula is C21H25NS. The lowest BCUT2D eigenvalue weighted by molar-refractivity contribution is 0.590. The highest BCUT2D eigenvalue weighted by Crippen LogP contribution is 2.34. The first-order valence-electron chi connectivity index (χ1n) is 8.16. The summed E-state index contributed by atoms with van der Waals surface area (Å²) in [5.74, 6) is 0. The molecule has 0 spiro atoms. The van der Waals surface area contributed by atoms with Crippen molar-refractivity contribution in [2.24, 2.45) is 0 Å². The van der Waals surface area contributed by atoms with Gasteiger partial charge in [0, 0.05) is 5.56 Å². The third kappa shape index (κ3) is 3.32. The lowest BCUT2D eigenvalue weighted by Gasteiger charge is -2.18. The van der Waals surface area contributed by atoms with Crippen molar-refractivity contribution in [3.8, 4) is 10.6 Å². The van der Waals surface area contributed by atoms with Gasteiger partial charge in [-0.3, -0.25) is 0 Å². The number of fused-ring (bicyclic) bond motifs is 1.